The van der Waals surface area contributed by atoms with Crippen LogP contribution in [0.3, 0.4) is 0 Å². The molecule has 0 radical (unpaired) electrons. The van der Waals surface area contributed by atoms with E-state index in [9.17, 15) is 29.6 Å². The molecule has 3 rings (SSSR count). The molecule has 0 unspecified atom stereocenters. The number of carbonyl (C=O) groups excluding carboxylic acids is 1. The Bertz CT molecular complexity index is 1160. The number of aromatic carboxylic acids is 2. The van der Waals surface area contributed by atoms with E-state index in [1.54, 1.807) is 0 Å². The Hall–Kier alpha value is -3.93. The van der Waals surface area contributed by atoms with Crippen molar-refractivity contribution in [3.8, 4) is 0 Å². The number of rotatable bonds is 7. The van der Waals surface area contributed by atoms with Crippen LogP contribution in [0.2, 0.25) is 0 Å². The predicted octanol–water partition coefficient (Wildman–Crippen LogP) is 2.60. The molecule has 1 aromatic heterocycles. The van der Waals surface area contributed by atoms with Crippen molar-refractivity contribution in [1.29, 1.82) is 0 Å². The second-order valence-corrected chi connectivity index (χ2v) is 6.67. The lowest BCUT2D eigenvalue weighted by molar-refractivity contribution is -0.384. The van der Waals surface area contributed by atoms with Gasteiger partial charge in [-0.3, -0.25) is 14.9 Å². The summed E-state index contributed by atoms with van der Waals surface area (Å²) >= 11 is 1.00. The van der Waals surface area contributed by atoms with Gasteiger partial charge in [-0.05, 0) is 24.3 Å². The lowest BCUT2D eigenvalue weighted by Gasteiger charge is -2.09. The summed E-state index contributed by atoms with van der Waals surface area (Å²) in [5.41, 5.74) is 0.268. The topological polar surface area (TPSA) is 176 Å². The molecule has 1 amide bonds. The molecule has 3 aromatic rings. The maximum Gasteiger partial charge on any atom is 0.337 e. The van der Waals surface area contributed by atoms with Gasteiger partial charge < -0.3 is 20.5 Å². The van der Waals surface area contributed by atoms with Crippen LogP contribution in [-0.2, 0) is 4.79 Å². The van der Waals surface area contributed by atoms with Crippen molar-refractivity contribution in [1.82, 2.24) is 9.97 Å². The lowest BCUT2D eigenvalue weighted by atomic mass is 10.1. The van der Waals surface area contributed by atoms with Crippen molar-refractivity contribution >= 4 is 52.0 Å². The molecule has 0 bridgehead atoms. The van der Waals surface area contributed by atoms with Crippen molar-refractivity contribution in [2.75, 3.05) is 11.1 Å². The van der Waals surface area contributed by atoms with Gasteiger partial charge >= 0.3 is 11.9 Å². The van der Waals surface area contributed by atoms with E-state index in [2.05, 4.69) is 15.3 Å². The van der Waals surface area contributed by atoms with E-state index in [1.165, 1.54) is 18.2 Å². The first-order chi connectivity index (χ1) is 13.7. The number of nitrogens with zero attached hydrogens (tertiary/aromatic N) is 2. The number of hydrogen-bond donors (Lipinski definition) is 4. The van der Waals surface area contributed by atoms with Crippen LogP contribution in [-0.4, -0.2) is 48.7 Å². The highest BCUT2D eigenvalue weighted by Gasteiger charge is 2.16. The zero-order chi connectivity index (χ0) is 21.1. The number of fused-ring (bicyclic) bond motifs is 1. The summed E-state index contributed by atoms with van der Waals surface area (Å²) < 4.78 is 0. The number of nitro benzene ring substituents is 1. The number of aromatic nitrogens is 2. The smallest absolute Gasteiger partial charge is 0.337 e. The first kappa shape index (κ1) is 19.8. The number of carboxylic acids is 2. The second-order valence-electron chi connectivity index (χ2n) is 5.71. The molecule has 148 valence electrons. The molecular weight excluding hydrogens is 404 g/mol. The van der Waals surface area contributed by atoms with Gasteiger partial charge in [0, 0.05) is 12.1 Å². The summed E-state index contributed by atoms with van der Waals surface area (Å²) in [6.07, 6.45) is 0. The Kier molecular flexibility index (Phi) is 5.45. The first-order valence-electron chi connectivity index (χ1n) is 7.92. The molecule has 0 fully saturated rings. The SMILES string of the molecule is O=C(CSc1nc2ccc([N+](=O)[O-])cc2[nH]1)Nc1cc(C(=O)O)ccc1C(=O)O. The Morgan fingerprint density at radius 3 is 2.55 bits per heavy atom. The van der Waals surface area contributed by atoms with Gasteiger partial charge in [0.05, 0.1) is 38.5 Å². The molecule has 0 saturated heterocycles. The zero-order valence-electron chi connectivity index (χ0n) is 14.4. The second kappa shape index (κ2) is 7.98. The van der Waals surface area contributed by atoms with Crippen LogP contribution in [0.5, 0.6) is 0 Å². The van der Waals surface area contributed by atoms with Crippen molar-refractivity contribution in [3.63, 3.8) is 0 Å². The maximum absolute atomic E-state index is 12.2. The number of carbonyl (C=O) groups is 3. The maximum atomic E-state index is 12.2. The van der Waals surface area contributed by atoms with Crippen LogP contribution in [0.1, 0.15) is 20.7 Å². The van der Waals surface area contributed by atoms with Gasteiger partial charge in [0.15, 0.2) is 5.16 Å². The Balaban J connectivity index is 1.72. The number of benzene rings is 2. The van der Waals surface area contributed by atoms with Crippen molar-refractivity contribution < 1.29 is 29.5 Å². The molecule has 4 N–H and O–H groups in total. The first-order valence-corrected chi connectivity index (χ1v) is 8.90. The van der Waals surface area contributed by atoms with E-state index in [1.807, 2.05) is 0 Å². The summed E-state index contributed by atoms with van der Waals surface area (Å²) in [5.74, 6) is -3.31. The molecule has 0 spiro atoms. The molecule has 0 atom stereocenters. The van der Waals surface area contributed by atoms with Crippen LogP contribution in [0, 0.1) is 10.1 Å². The van der Waals surface area contributed by atoms with Crippen LogP contribution in [0.4, 0.5) is 11.4 Å². The third-order valence-electron chi connectivity index (χ3n) is 3.77. The monoisotopic (exact) mass is 416 g/mol. The Morgan fingerprint density at radius 1 is 1.14 bits per heavy atom. The Labute approximate surface area is 165 Å². The minimum Gasteiger partial charge on any atom is -0.478 e. The predicted molar refractivity (Wildman–Crippen MR) is 102 cm³/mol. The Morgan fingerprint density at radius 2 is 1.90 bits per heavy atom. The third kappa shape index (κ3) is 4.50. The molecule has 0 saturated carbocycles. The fraction of sp³-hybridized carbons (Fsp3) is 0.0588. The van der Waals surface area contributed by atoms with Gasteiger partial charge in [-0.1, -0.05) is 11.8 Å². The summed E-state index contributed by atoms with van der Waals surface area (Å²) in [6, 6.07) is 7.40. The van der Waals surface area contributed by atoms with Crippen molar-refractivity contribution in [3.05, 3.63) is 57.6 Å². The highest BCUT2D eigenvalue weighted by Crippen LogP contribution is 2.24. The minimum absolute atomic E-state index is 0.102. The number of anilines is 1. The number of imidazole rings is 1. The number of non-ortho nitro benzene ring substituents is 1. The van der Waals surface area contributed by atoms with Gasteiger partial charge in [0.25, 0.3) is 5.69 Å². The van der Waals surface area contributed by atoms with E-state index in [0.29, 0.717) is 16.2 Å². The number of nitro groups is 1. The fourth-order valence-corrected chi connectivity index (χ4v) is 3.13. The highest BCUT2D eigenvalue weighted by molar-refractivity contribution is 7.99. The number of amides is 1. The molecular formula is C17H12N4O7S. The van der Waals surface area contributed by atoms with E-state index in [-0.39, 0.29) is 28.3 Å². The third-order valence-corrected chi connectivity index (χ3v) is 4.64. The normalized spacial score (nSPS) is 10.6. The summed E-state index contributed by atoms with van der Waals surface area (Å²) in [7, 11) is 0. The van der Waals surface area contributed by atoms with E-state index >= 15 is 0 Å². The number of H-pyrrole nitrogens is 1. The number of aromatic amines is 1. The molecule has 0 aliphatic rings. The van der Waals surface area contributed by atoms with Gasteiger partial charge in [-0.15, -0.1) is 0 Å². The summed E-state index contributed by atoms with van der Waals surface area (Å²) in [4.78, 5) is 51.9. The molecule has 0 aliphatic carbocycles. The van der Waals surface area contributed by atoms with Crippen molar-refractivity contribution in [2.45, 2.75) is 5.16 Å². The summed E-state index contributed by atoms with van der Waals surface area (Å²) in [5, 5.41) is 31.8. The largest absolute Gasteiger partial charge is 0.478 e. The number of carboxylic acid groups (broad SMARTS) is 2. The number of thioether (sulfide) groups is 1. The van der Waals surface area contributed by atoms with Gasteiger partial charge in [-0.25, -0.2) is 14.6 Å². The van der Waals surface area contributed by atoms with Crippen LogP contribution in [0.15, 0.2) is 41.6 Å². The molecule has 1 heterocycles. The molecule has 2 aromatic carbocycles. The molecule has 12 heteroatoms. The van der Waals surface area contributed by atoms with Crippen LogP contribution >= 0.6 is 11.8 Å². The number of nitrogens with one attached hydrogen (secondary N) is 2. The molecule has 29 heavy (non-hydrogen) atoms. The van der Waals surface area contributed by atoms with Gasteiger partial charge in [-0.2, -0.15) is 0 Å². The molecule has 11 nitrogen and oxygen atoms in total. The van der Waals surface area contributed by atoms with Gasteiger partial charge in [0.2, 0.25) is 5.91 Å². The average Bonchev–Trinajstić information content (AvgIpc) is 3.08. The number of hydrogen-bond acceptors (Lipinski definition) is 7. The summed E-state index contributed by atoms with van der Waals surface area (Å²) in [6.45, 7) is 0. The van der Waals surface area contributed by atoms with E-state index < -0.39 is 22.8 Å². The zero-order valence-corrected chi connectivity index (χ0v) is 15.2. The van der Waals surface area contributed by atoms with E-state index in [4.69, 9.17) is 5.11 Å². The van der Waals surface area contributed by atoms with E-state index in [0.717, 1.165) is 30.0 Å². The van der Waals surface area contributed by atoms with Crippen LogP contribution < -0.4 is 5.32 Å². The average molecular weight is 416 g/mol. The highest BCUT2D eigenvalue weighted by atomic mass is 32.2. The minimum atomic E-state index is -1.32. The molecule has 0 aliphatic heterocycles. The fourth-order valence-electron chi connectivity index (χ4n) is 2.44. The lowest BCUT2D eigenvalue weighted by Crippen LogP contribution is -2.17. The van der Waals surface area contributed by atoms with Crippen LogP contribution in [0.25, 0.3) is 11.0 Å². The quantitative estimate of drug-likeness (QED) is 0.256. The van der Waals surface area contributed by atoms with Crippen molar-refractivity contribution in [2.24, 2.45) is 0 Å². The standard InChI is InChI=1S/C17H12N4O7S/c22-14(18-12-5-8(15(23)24)1-3-10(12)16(25)26)7-29-17-19-11-4-2-9(21(27)28)6-13(11)20-17/h1-6H,7H2,(H,18,22)(H,19,20)(H,23,24)(H,25,26). The van der Waals surface area contributed by atoms with Gasteiger partial charge in [0.1, 0.15) is 0 Å².